The van der Waals surface area contributed by atoms with Crippen LogP contribution in [0.15, 0.2) is 48.5 Å². The molecular weight excluding hydrogens is 503 g/mol. The van der Waals surface area contributed by atoms with E-state index >= 15 is 0 Å². The van der Waals surface area contributed by atoms with Crippen molar-refractivity contribution >= 4 is 23.6 Å². The molecule has 4 amide bonds. The zero-order valence-corrected chi connectivity index (χ0v) is 23.0. The Morgan fingerprint density at radius 3 is 2.44 bits per heavy atom. The van der Waals surface area contributed by atoms with Crippen molar-refractivity contribution < 1.29 is 28.3 Å². The third kappa shape index (κ3) is 7.78. The first-order valence-corrected chi connectivity index (χ1v) is 13.0. The molecule has 0 saturated heterocycles. The van der Waals surface area contributed by atoms with Crippen molar-refractivity contribution in [3.05, 3.63) is 65.5 Å². The Balaban J connectivity index is 1.86. The molecule has 2 aromatic carbocycles. The zero-order valence-electron chi connectivity index (χ0n) is 23.0. The summed E-state index contributed by atoms with van der Waals surface area (Å²) in [5.74, 6) is -2.23. The Labute approximate surface area is 228 Å². The van der Waals surface area contributed by atoms with Gasteiger partial charge in [-0.3, -0.25) is 19.2 Å². The molecule has 3 rings (SSSR count). The lowest BCUT2D eigenvalue weighted by Gasteiger charge is -2.29. The average molecular weight is 541 g/mol. The first-order valence-electron chi connectivity index (χ1n) is 13.0. The van der Waals surface area contributed by atoms with Crippen LogP contribution in [0.25, 0.3) is 0 Å². The first-order chi connectivity index (χ1) is 18.4. The van der Waals surface area contributed by atoms with Crippen LogP contribution in [0.4, 0.5) is 4.39 Å². The fourth-order valence-electron chi connectivity index (χ4n) is 4.23. The number of ether oxygens (including phenoxy) is 1. The van der Waals surface area contributed by atoms with Gasteiger partial charge in [0.15, 0.2) is 0 Å². The molecule has 0 fully saturated rings. The molecule has 1 aliphatic rings. The molecule has 0 saturated carbocycles. The van der Waals surface area contributed by atoms with Crippen molar-refractivity contribution in [2.24, 2.45) is 5.92 Å². The number of halogens is 1. The Kier molecular flexibility index (Phi) is 9.66. The smallest absolute Gasteiger partial charge is 0.255 e. The fraction of sp³-hybridized carbons (Fsp3) is 0.448. The van der Waals surface area contributed by atoms with Gasteiger partial charge in [0.2, 0.25) is 17.7 Å². The topological polar surface area (TPSA) is 117 Å². The molecule has 3 N–H and O–H groups in total. The Morgan fingerprint density at radius 1 is 1.10 bits per heavy atom. The molecular formula is C29H37FN4O5. The third-order valence-electron chi connectivity index (χ3n) is 6.78. The van der Waals surface area contributed by atoms with Crippen molar-refractivity contribution in [1.29, 1.82) is 0 Å². The highest BCUT2D eigenvalue weighted by molar-refractivity contribution is 6.01. The van der Waals surface area contributed by atoms with Crippen LogP contribution in [-0.4, -0.2) is 67.4 Å². The molecule has 0 spiro atoms. The SMILES string of the molecule is CC(C)[C@H]1NC(=O)C[C@@H](C(=O)NCC(C)(C)c2ccc(F)cc2)NC(=O)c2ccccc2OCCN(C)C1=O. The van der Waals surface area contributed by atoms with Crippen LogP contribution in [0, 0.1) is 11.7 Å². The molecule has 0 aromatic heterocycles. The molecule has 39 heavy (non-hydrogen) atoms. The molecule has 1 heterocycles. The minimum absolute atomic E-state index is 0.133. The molecule has 0 aliphatic carbocycles. The van der Waals surface area contributed by atoms with E-state index in [2.05, 4.69) is 16.0 Å². The number of benzene rings is 2. The second kappa shape index (κ2) is 12.7. The van der Waals surface area contributed by atoms with Gasteiger partial charge in [-0.15, -0.1) is 0 Å². The number of fused-ring (bicyclic) bond motifs is 1. The predicted octanol–water partition coefficient (Wildman–Crippen LogP) is 2.40. The summed E-state index contributed by atoms with van der Waals surface area (Å²) in [5, 5.41) is 8.22. The van der Waals surface area contributed by atoms with Gasteiger partial charge in [0.05, 0.1) is 18.5 Å². The standard InChI is InChI=1S/C29H37FN4O5/c1-18(2)25-28(38)34(5)14-15-39-23-9-7-6-8-21(23)26(36)32-22(16-24(35)33-25)27(37)31-17-29(3,4)19-10-12-20(30)13-11-19/h6-13,18,22,25H,14-17H2,1-5H3,(H,31,37)(H,32,36)(H,33,35)/t22-,25+/m0/s1. The molecule has 9 nitrogen and oxygen atoms in total. The first kappa shape index (κ1) is 29.6. The molecule has 210 valence electrons. The van der Waals surface area contributed by atoms with E-state index in [-0.39, 0.29) is 49.3 Å². The number of carbonyl (C=O) groups excluding carboxylic acids is 4. The summed E-state index contributed by atoms with van der Waals surface area (Å²) in [6.45, 7) is 7.97. The maximum absolute atomic E-state index is 13.4. The summed E-state index contributed by atoms with van der Waals surface area (Å²) < 4.78 is 19.2. The van der Waals surface area contributed by atoms with Crippen LogP contribution in [0.5, 0.6) is 5.75 Å². The molecule has 1 aliphatic heterocycles. The molecule has 0 radical (unpaired) electrons. The summed E-state index contributed by atoms with van der Waals surface area (Å²) in [4.78, 5) is 54.2. The van der Waals surface area contributed by atoms with Crippen molar-refractivity contribution in [2.75, 3.05) is 26.7 Å². The summed E-state index contributed by atoms with van der Waals surface area (Å²) in [7, 11) is 1.62. The normalized spacial score (nSPS) is 19.4. The number of nitrogens with one attached hydrogen (secondary N) is 3. The van der Waals surface area contributed by atoms with E-state index in [0.29, 0.717) is 5.75 Å². The van der Waals surface area contributed by atoms with Gasteiger partial charge in [-0.2, -0.15) is 0 Å². The van der Waals surface area contributed by atoms with Crippen molar-refractivity contribution in [3.63, 3.8) is 0 Å². The minimum Gasteiger partial charge on any atom is -0.491 e. The van der Waals surface area contributed by atoms with Crippen LogP contribution in [-0.2, 0) is 19.8 Å². The van der Waals surface area contributed by atoms with Crippen LogP contribution < -0.4 is 20.7 Å². The average Bonchev–Trinajstić information content (AvgIpc) is 2.89. The van der Waals surface area contributed by atoms with Crippen molar-refractivity contribution in [3.8, 4) is 5.75 Å². The number of amides is 4. The Morgan fingerprint density at radius 2 is 1.77 bits per heavy atom. The van der Waals surface area contributed by atoms with Crippen molar-refractivity contribution in [2.45, 2.75) is 51.6 Å². The summed E-state index contributed by atoms with van der Waals surface area (Å²) in [6.07, 6.45) is -0.377. The van der Waals surface area contributed by atoms with Crippen LogP contribution in [0.3, 0.4) is 0 Å². The fourth-order valence-corrected chi connectivity index (χ4v) is 4.23. The lowest BCUT2D eigenvalue weighted by molar-refractivity contribution is -0.137. The quantitative estimate of drug-likeness (QED) is 0.539. The minimum atomic E-state index is -1.22. The highest BCUT2D eigenvalue weighted by atomic mass is 19.1. The molecule has 10 heteroatoms. The van der Waals surface area contributed by atoms with Gasteiger partial charge in [-0.05, 0) is 35.7 Å². The van der Waals surface area contributed by atoms with Crippen LogP contribution in [0.1, 0.15) is 50.0 Å². The van der Waals surface area contributed by atoms with Gasteiger partial charge in [-0.1, -0.05) is 52.0 Å². The van der Waals surface area contributed by atoms with Crippen molar-refractivity contribution in [1.82, 2.24) is 20.9 Å². The lowest BCUT2D eigenvalue weighted by Crippen LogP contribution is -2.54. The van der Waals surface area contributed by atoms with Gasteiger partial charge in [0.1, 0.15) is 30.3 Å². The molecule has 2 aromatic rings. The van der Waals surface area contributed by atoms with E-state index in [1.807, 2.05) is 27.7 Å². The Hall–Kier alpha value is -3.95. The number of hydrogen-bond acceptors (Lipinski definition) is 5. The lowest BCUT2D eigenvalue weighted by atomic mass is 9.84. The molecule has 0 bridgehead atoms. The largest absolute Gasteiger partial charge is 0.491 e. The predicted molar refractivity (Wildman–Crippen MR) is 145 cm³/mol. The second-order valence-corrected chi connectivity index (χ2v) is 10.7. The van der Waals surface area contributed by atoms with E-state index in [9.17, 15) is 23.6 Å². The second-order valence-electron chi connectivity index (χ2n) is 10.7. The number of likely N-dealkylation sites (N-methyl/N-ethyl adjacent to an activating group) is 1. The van der Waals surface area contributed by atoms with Gasteiger partial charge < -0.3 is 25.6 Å². The third-order valence-corrected chi connectivity index (χ3v) is 6.78. The summed E-state index contributed by atoms with van der Waals surface area (Å²) in [5.41, 5.74) is 0.455. The number of hydrogen-bond donors (Lipinski definition) is 3. The van der Waals surface area contributed by atoms with E-state index in [4.69, 9.17) is 4.74 Å². The molecule has 2 atom stereocenters. The monoisotopic (exact) mass is 540 g/mol. The van der Waals surface area contributed by atoms with Gasteiger partial charge in [0, 0.05) is 19.0 Å². The van der Waals surface area contributed by atoms with Gasteiger partial charge in [0.25, 0.3) is 5.91 Å². The van der Waals surface area contributed by atoms with E-state index < -0.39 is 35.2 Å². The molecule has 0 unspecified atom stereocenters. The Bertz CT molecular complexity index is 1200. The van der Waals surface area contributed by atoms with E-state index in [1.54, 1.807) is 43.4 Å². The highest BCUT2D eigenvalue weighted by Crippen LogP contribution is 2.23. The summed E-state index contributed by atoms with van der Waals surface area (Å²) >= 11 is 0. The van der Waals surface area contributed by atoms with E-state index in [0.717, 1.165) is 5.56 Å². The van der Waals surface area contributed by atoms with Gasteiger partial charge >= 0.3 is 0 Å². The van der Waals surface area contributed by atoms with Crippen LogP contribution >= 0.6 is 0 Å². The van der Waals surface area contributed by atoms with Crippen LogP contribution in [0.2, 0.25) is 0 Å². The number of para-hydroxylation sites is 1. The maximum Gasteiger partial charge on any atom is 0.255 e. The number of nitrogens with zero attached hydrogens (tertiary/aromatic N) is 1. The number of carbonyl (C=O) groups is 4. The summed E-state index contributed by atoms with van der Waals surface area (Å²) in [6, 6.07) is 10.5. The maximum atomic E-state index is 13.4. The number of rotatable bonds is 5. The zero-order chi connectivity index (χ0) is 28.7. The van der Waals surface area contributed by atoms with Gasteiger partial charge in [-0.25, -0.2) is 4.39 Å². The van der Waals surface area contributed by atoms with E-state index in [1.165, 1.54) is 17.0 Å². The highest BCUT2D eigenvalue weighted by Gasteiger charge is 2.32.